The van der Waals surface area contributed by atoms with Crippen LogP contribution < -0.4 is 5.32 Å². The third-order valence-electron chi connectivity index (χ3n) is 5.85. The Kier molecular flexibility index (Phi) is 17.3. The third-order valence-corrected chi connectivity index (χ3v) is 7.13. The summed E-state index contributed by atoms with van der Waals surface area (Å²) in [6.07, 6.45) is 23.0. The molecule has 28 heavy (non-hydrogen) atoms. The van der Waals surface area contributed by atoms with Crippen LogP contribution in [0.3, 0.4) is 0 Å². The molecule has 0 spiro atoms. The van der Waals surface area contributed by atoms with Gasteiger partial charge in [0, 0.05) is 18.4 Å². The summed E-state index contributed by atoms with van der Waals surface area (Å²) in [5, 5.41) is 3.53. The Labute approximate surface area is 179 Å². The standard InChI is InChI=1S/C24H47NO2S/c1-3-4-5-6-7-8-9-10-11-12-13-14-15-16-17-20-25-24(26)28-23-19-18-21-27-22(23)2/h22-23H,3-21H2,1-2H3,(H,25,26). The van der Waals surface area contributed by atoms with E-state index in [9.17, 15) is 4.79 Å². The van der Waals surface area contributed by atoms with Crippen molar-refractivity contribution in [3.63, 3.8) is 0 Å². The summed E-state index contributed by atoms with van der Waals surface area (Å²) in [6, 6.07) is 0. The first kappa shape index (κ1) is 25.8. The van der Waals surface area contributed by atoms with Crippen molar-refractivity contribution < 1.29 is 9.53 Å². The van der Waals surface area contributed by atoms with Crippen LogP contribution in [0, 0.1) is 0 Å². The van der Waals surface area contributed by atoms with E-state index in [1.54, 1.807) is 0 Å². The van der Waals surface area contributed by atoms with Gasteiger partial charge in [-0.05, 0) is 26.2 Å². The van der Waals surface area contributed by atoms with E-state index in [-0.39, 0.29) is 11.3 Å². The van der Waals surface area contributed by atoms with Crippen LogP contribution in [0.25, 0.3) is 0 Å². The molecular formula is C24H47NO2S. The predicted molar refractivity (Wildman–Crippen MR) is 124 cm³/mol. The second kappa shape index (κ2) is 18.8. The summed E-state index contributed by atoms with van der Waals surface area (Å²) in [7, 11) is 0. The van der Waals surface area contributed by atoms with Crippen molar-refractivity contribution in [1.29, 1.82) is 0 Å². The van der Waals surface area contributed by atoms with Crippen molar-refractivity contribution in [3.8, 4) is 0 Å². The minimum absolute atomic E-state index is 0.132. The van der Waals surface area contributed by atoms with E-state index >= 15 is 0 Å². The molecule has 1 aliphatic heterocycles. The first-order valence-corrected chi connectivity index (χ1v) is 13.2. The number of rotatable bonds is 17. The molecular weight excluding hydrogens is 366 g/mol. The van der Waals surface area contributed by atoms with E-state index in [1.165, 1.54) is 102 Å². The van der Waals surface area contributed by atoms with Crippen LogP contribution in [-0.4, -0.2) is 29.7 Å². The molecule has 0 aliphatic carbocycles. The zero-order chi connectivity index (χ0) is 20.3. The van der Waals surface area contributed by atoms with Gasteiger partial charge >= 0.3 is 0 Å². The number of hydrogen-bond acceptors (Lipinski definition) is 3. The lowest BCUT2D eigenvalue weighted by atomic mass is 10.0. The highest BCUT2D eigenvalue weighted by atomic mass is 32.2. The third kappa shape index (κ3) is 14.7. The van der Waals surface area contributed by atoms with Crippen molar-refractivity contribution in [2.45, 2.75) is 134 Å². The van der Waals surface area contributed by atoms with Crippen LogP contribution in [0.2, 0.25) is 0 Å². The lowest BCUT2D eigenvalue weighted by molar-refractivity contribution is 0.0337. The van der Waals surface area contributed by atoms with Gasteiger partial charge in [-0.3, -0.25) is 4.79 Å². The SMILES string of the molecule is CCCCCCCCCCCCCCCCCNC(=O)SC1CCCOC1C. The summed E-state index contributed by atoms with van der Waals surface area (Å²) in [5.41, 5.74) is 0. The highest BCUT2D eigenvalue weighted by Crippen LogP contribution is 2.26. The molecule has 1 aliphatic rings. The van der Waals surface area contributed by atoms with Gasteiger partial charge in [0.2, 0.25) is 0 Å². The molecule has 2 unspecified atom stereocenters. The quantitative estimate of drug-likeness (QED) is 0.246. The lowest BCUT2D eigenvalue weighted by Gasteiger charge is -2.27. The van der Waals surface area contributed by atoms with Crippen molar-refractivity contribution in [3.05, 3.63) is 0 Å². The number of nitrogens with one attached hydrogen (secondary N) is 1. The first-order chi connectivity index (χ1) is 13.7. The molecule has 0 aromatic carbocycles. The largest absolute Gasteiger partial charge is 0.377 e. The van der Waals surface area contributed by atoms with Crippen LogP contribution >= 0.6 is 11.8 Å². The van der Waals surface area contributed by atoms with Gasteiger partial charge in [-0.1, -0.05) is 109 Å². The summed E-state index contributed by atoms with van der Waals surface area (Å²) in [5.74, 6) is 0. The van der Waals surface area contributed by atoms with Crippen LogP contribution in [-0.2, 0) is 4.74 Å². The van der Waals surface area contributed by atoms with E-state index in [0.717, 1.165) is 32.4 Å². The molecule has 1 fully saturated rings. The monoisotopic (exact) mass is 413 g/mol. The molecule has 166 valence electrons. The Hall–Kier alpha value is -0.220. The number of thioether (sulfide) groups is 1. The van der Waals surface area contributed by atoms with Crippen LogP contribution in [0.1, 0.15) is 123 Å². The van der Waals surface area contributed by atoms with Crippen molar-refractivity contribution >= 4 is 17.0 Å². The van der Waals surface area contributed by atoms with Crippen LogP contribution in [0.5, 0.6) is 0 Å². The molecule has 0 bridgehead atoms. The Morgan fingerprint density at radius 2 is 1.36 bits per heavy atom. The molecule has 0 aromatic rings. The zero-order valence-corrected chi connectivity index (χ0v) is 19.6. The van der Waals surface area contributed by atoms with Gasteiger partial charge in [-0.15, -0.1) is 0 Å². The van der Waals surface area contributed by atoms with Crippen LogP contribution in [0.4, 0.5) is 4.79 Å². The average Bonchev–Trinajstić information content (AvgIpc) is 2.69. The normalized spacial score (nSPS) is 19.6. The van der Waals surface area contributed by atoms with E-state index in [2.05, 4.69) is 19.2 Å². The van der Waals surface area contributed by atoms with E-state index < -0.39 is 0 Å². The highest BCUT2D eigenvalue weighted by molar-refractivity contribution is 8.14. The number of unbranched alkanes of at least 4 members (excludes halogenated alkanes) is 14. The number of ether oxygens (including phenoxy) is 1. The number of carbonyl (C=O) groups is 1. The highest BCUT2D eigenvalue weighted by Gasteiger charge is 2.24. The zero-order valence-electron chi connectivity index (χ0n) is 18.8. The summed E-state index contributed by atoms with van der Waals surface area (Å²) < 4.78 is 5.63. The fraction of sp³-hybridized carbons (Fsp3) is 0.958. The van der Waals surface area contributed by atoms with Gasteiger partial charge in [-0.2, -0.15) is 0 Å². The molecule has 4 heteroatoms. The fourth-order valence-corrected chi connectivity index (χ4v) is 4.93. The lowest BCUT2D eigenvalue weighted by Crippen LogP contribution is -2.32. The van der Waals surface area contributed by atoms with Gasteiger partial charge in [0.1, 0.15) is 0 Å². The maximum atomic E-state index is 12.0. The van der Waals surface area contributed by atoms with Gasteiger partial charge in [-0.25, -0.2) is 0 Å². The van der Waals surface area contributed by atoms with Crippen molar-refractivity contribution in [1.82, 2.24) is 5.32 Å². The molecule has 3 nitrogen and oxygen atoms in total. The average molecular weight is 414 g/mol. The smallest absolute Gasteiger partial charge is 0.279 e. The number of carbonyl (C=O) groups excluding carboxylic acids is 1. The minimum atomic E-state index is 0.132. The molecule has 0 radical (unpaired) electrons. The van der Waals surface area contributed by atoms with E-state index in [0.29, 0.717) is 5.25 Å². The Morgan fingerprint density at radius 1 is 0.857 bits per heavy atom. The van der Waals surface area contributed by atoms with Gasteiger partial charge < -0.3 is 10.1 Å². The predicted octanol–water partition coefficient (Wildman–Crippen LogP) is 7.87. The Morgan fingerprint density at radius 3 is 1.86 bits per heavy atom. The maximum absolute atomic E-state index is 12.0. The molecule has 1 saturated heterocycles. The number of hydrogen-bond donors (Lipinski definition) is 1. The molecule has 2 atom stereocenters. The second-order valence-corrected chi connectivity index (χ2v) is 9.75. The summed E-state index contributed by atoms with van der Waals surface area (Å²) in [6.45, 7) is 6.04. The topological polar surface area (TPSA) is 38.3 Å². The molecule has 0 aromatic heterocycles. The molecule has 1 heterocycles. The summed E-state index contributed by atoms with van der Waals surface area (Å²) >= 11 is 1.44. The van der Waals surface area contributed by atoms with Crippen molar-refractivity contribution in [2.24, 2.45) is 0 Å². The maximum Gasteiger partial charge on any atom is 0.279 e. The van der Waals surface area contributed by atoms with Gasteiger partial charge in [0.25, 0.3) is 5.24 Å². The van der Waals surface area contributed by atoms with Gasteiger partial charge in [0.15, 0.2) is 0 Å². The number of amides is 1. The molecule has 1 N–H and O–H groups in total. The first-order valence-electron chi connectivity index (χ1n) is 12.3. The molecule has 1 amide bonds. The van der Waals surface area contributed by atoms with E-state index in [1.807, 2.05) is 0 Å². The van der Waals surface area contributed by atoms with Crippen LogP contribution in [0.15, 0.2) is 0 Å². The summed E-state index contributed by atoms with van der Waals surface area (Å²) in [4.78, 5) is 12.0. The molecule has 1 rings (SSSR count). The van der Waals surface area contributed by atoms with Crippen molar-refractivity contribution in [2.75, 3.05) is 13.2 Å². The van der Waals surface area contributed by atoms with Gasteiger partial charge in [0.05, 0.1) is 6.10 Å². The fourth-order valence-electron chi connectivity index (χ4n) is 3.92. The Balaban J connectivity index is 1.76. The second-order valence-electron chi connectivity index (χ2n) is 8.54. The minimum Gasteiger partial charge on any atom is -0.377 e. The Bertz CT molecular complexity index is 365. The molecule has 0 saturated carbocycles. The van der Waals surface area contributed by atoms with E-state index in [4.69, 9.17) is 4.74 Å².